The summed E-state index contributed by atoms with van der Waals surface area (Å²) in [5, 5.41) is 0. The number of hydrogen-bond donors (Lipinski definition) is 0. The maximum atomic E-state index is 13.4. The van der Waals surface area contributed by atoms with Crippen molar-refractivity contribution < 1.29 is 26.0 Å². The summed E-state index contributed by atoms with van der Waals surface area (Å²) in [4.78, 5) is -0.392. The van der Waals surface area contributed by atoms with Gasteiger partial charge in [0, 0.05) is 16.9 Å². The van der Waals surface area contributed by atoms with Crippen molar-refractivity contribution in [3.63, 3.8) is 0 Å². The lowest BCUT2D eigenvalue weighted by molar-refractivity contribution is 0.322. The Hall–Kier alpha value is -0.860. The molecule has 0 aromatic heterocycles. The number of hydrogen-bond acceptors (Lipinski definition) is 5. The van der Waals surface area contributed by atoms with Crippen molar-refractivity contribution in [1.82, 2.24) is 0 Å². The summed E-state index contributed by atoms with van der Waals surface area (Å²) in [6.07, 6.45) is 1.02. The Morgan fingerprint density at radius 3 is 2.33 bits per heavy atom. The number of halogens is 2. The molecule has 1 aromatic carbocycles. The van der Waals surface area contributed by atoms with Gasteiger partial charge in [-0.1, -0.05) is 0 Å². The molecule has 0 aliphatic rings. The van der Waals surface area contributed by atoms with E-state index in [1.807, 2.05) is 0 Å². The molecule has 1 rings (SSSR count). The Morgan fingerprint density at radius 2 is 1.89 bits per heavy atom. The van der Waals surface area contributed by atoms with E-state index in [1.165, 1.54) is 0 Å². The highest BCUT2D eigenvalue weighted by atomic mass is 35.7. The predicted octanol–water partition coefficient (Wildman–Crippen LogP) is 1.18. The molecule has 0 aliphatic carbocycles. The third kappa shape index (κ3) is 4.79. The van der Waals surface area contributed by atoms with Gasteiger partial charge in [-0.25, -0.2) is 21.2 Å². The van der Waals surface area contributed by atoms with E-state index < -0.39 is 29.6 Å². The molecule has 0 unspecified atom stereocenters. The van der Waals surface area contributed by atoms with E-state index in [0.29, 0.717) is 6.07 Å². The zero-order valence-corrected chi connectivity index (χ0v) is 11.6. The molecular weight excluding hydrogens is 307 g/mol. The molecule has 18 heavy (non-hydrogen) atoms. The Bertz CT molecular complexity index is 639. The van der Waals surface area contributed by atoms with Crippen LogP contribution in [0.4, 0.5) is 4.39 Å². The van der Waals surface area contributed by atoms with Crippen molar-refractivity contribution in [3.05, 3.63) is 24.0 Å². The summed E-state index contributed by atoms with van der Waals surface area (Å²) in [7, 11) is -2.18. The smallest absolute Gasteiger partial charge is 0.261 e. The molecule has 0 N–H and O–H groups in total. The Balaban J connectivity index is 2.81. The van der Waals surface area contributed by atoms with Gasteiger partial charge in [-0.2, -0.15) is 0 Å². The molecule has 0 radical (unpaired) electrons. The summed E-state index contributed by atoms with van der Waals surface area (Å²) >= 11 is 0. The van der Waals surface area contributed by atoms with Crippen LogP contribution >= 0.6 is 10.7 Å². The summed E-state index contributed by atoms with van der Waals surface area (Å²) in [5.41, 5.74) is 0. The van der Waals surface area contributed by atoms with Crippen molar-refractivity contribution in [3.8, 4) is 5.75 Å². The maximum Gasteiger partial charge on any atom is 0.261 e. The van der Waals surface area contributed by atoms with Gasteiger partial charge in [0.1, 0.15) is 6.61 Å². The van der Waals surface area contributed by atoms with Crippen LogP contribution in [0, 0.1) is 5.82 Å². The average molecular weight is 317 g/mol. The highest BCUT2D eigenvalue weighted by Gasteiger charge is 2.14. The van der Waals surface area contributed by atoms with Crippen LogP contribution in [0.2, 0.25) is 0 Å². The maximum absolute atomic E-state index is 13.4. The summed E-state index contributed by atoms with van der Waals surface area (Å²) in [6.45, 7) is -0.220. The molecule has 0 bridgehead atoms. The highest BCUT2D eigenvalue weighted by molar-refractivity contribution is 8.13. The van der Waals surface area contributed by atoms with E-state index in [-0.39, 0.29) is 18.1 Å². The quantitative estimate of drug-likeness (QED) is 0.762. The Kier molecular flexibility index (Phi) is 4.57. The fourth-order valence-corrected chi connectivity index (χ4v) is 2.20. The van der Waals surface area contributed by atoms with Crippen molar-refractivity contribution in [2.24, 2.45) is 0 Å². The van der Waals surface area contributed by atoms with Gasteiger partial charge in [0.25, 0.3) is 9.05 Å². The van der Waals surface area contributed by atoms with Gasteiger partial charge in [0.2, 0.25) is 0 Å². The first-order valence-electron chi connectivity index (χ1n) is 4.64. The molecule has 0 spiro atoms. The van der Waals surface area contributed by atoms with Crippen LogP contribution in [-0.4, -0.2) is 35.5 Å². The van der Waals surface area contributed by atoms with E-state index in [9.17, 15) is 21.2 Å². The first-order chi connectivity index (χ1) is 8.09. The number of rotatable bonds is 5. The summed E-state index contributed by atoms with van der Waals surface area (Å²) in [6, 6.07) is 2.85. The Labute approximate surface area is 109 Å². The average Bonchev–Trinajstić information content (AvgIpc) is 2.17. The van der Waals surface area contributed by atoms with Crippen LogP contribution < -0.4 is 4.74 Å². The lowest BCUT2D eigenvalue weighted by atomic mass is 10.3. The lowest BCUT2D eigenvalue weighted by Crippen LogP contribution is -2.12. The molecule has 102 valence electrons. The van der Waals surface area contributed by atoms with Gasteiger partial charge >= 0.3 is 0 Å². The molecule has 0 heterocycles. The second kappa shape index (κ2) is 5.41. The van der Waals surface area contributed by atoms with E-state index >= 15 is 0 Å². The van der Waals surface area contributed by atoms with Crippen molar-refractivity contribution in [1.29, 1.82) is 0 Å². The second-order valence-electron chi connectivity index (χ2n) is 3.51. The minimum absolute atomic E-state index is 0.220. The molecule has 9 heteroatoms. The number of sulfone groups is 1. The van der Waals surface area contributed by atoms with Crippen LogP contribution in [0.15, 0.2) is 23.1 Å². The van der Waals surface area contributed by atoms with E-state index in [0.717, 1.165) is 18.4 Å². The minimum Gasteiger partial charge on any atom is -0.489 e. The summed E-state index contributed by atoms with van der Waals surface area (Å²) in [5.74, 6) is -1.42. The van der Waals surface area contributed by atoms with Crippen molar-refractivity contribution >= 4 is 29.6 Å². The molecular formula is C9H10ClFO5S2. The zero-order chi connectivity index (χ0) is 14.0. The van der Waals surface area contributed by atoms with E-state index in [4.69, 9.17) is 15.4 Å². The van der Waals surface area contributed by atoms with Crippen LogP contribution in [0.25, 0.3) is 0 Å². The third-order valence-electron chi connectivity index (χ3n) is 1.90. The molecule has 1 aromatic rings. The van der Waals surface area contributed by atoms with E-state index in [1.54, 1.807) is 0 Å². The van der Waals surface area contributed by atoms with Gasteiger partial charge in [-0.3, -0.25) is 0 Å². The Morgan fingerprint density at radius 1 is 1.28 bits per heavy atom. The van der Waals surface area contributed by atoms with E-state index in [2.05, 4.69) is 0 Å². The fraction of sp³-hybridized carbons (Fsp3) is 0.333. The highest BCUT2D eigenvalue weighted by Crippen LogP contribution is 2.23. The number of ether oxygens (including phenoxy) is 1. The minimum atomic E-state index is -4.01. The third-order valence-corrected chi connectivity index (χ3v) is 4.16. The molecule has 0 fully saturated rings. The predicted molar refractivity (Wildman–Crippen MR) is 64.6 cm³/mol. The molecule has 0 aliphatic heterocycles. The van der Waals surface area contributed by atoms with Gasteiger partial charge in [-0.15, -0.1) is 0 Å². The standard InChI is InChI=1S/C9H10ClFO5S2/c1-17(12,13)5-4-16-9-3-2-7(6-8(9)11)18(10,14)15/h2-3,6H,4-5H2,1H3. The SMILES string of the molecule is CS(=O)(=O)CCOc1ccc(S(=O)(=O)Cl)cc1F. The fourth-order valence-electron chi connectivity index (χ4n) is 1.05. The molecule has 0 atom stereocenters. The lowest BCUT2D eigenvalue weighted by Gasteiger charge is -2.07. The second-order valence-corrected chi connectivity index (χ2v) is 8.33. The molecule has 0 amide bonds. The van der Waals surface area contributed by atoms with Gasteiger partial charge in [0.05, 0.1) is 10.6 Å². The largest absolute Gasteiger partial charge is 0.489 e. The first kappa shape index (κ1) is 15.2. The van der Waals surface area contributed by atoms with Crippen molar-refractivity contribution in [2.75, 3.05) is 18.6 Å². The van der Waals surface area contributed by atoms with Gasteiger partial charge < -0.3 is 4.74 Å². The monoisotopic (exact) mass is 316 g/mol. The van der Waals surface area contributed by atoms with Crippen LogP contribution in [0.3, 0.4) is 0 Å². The van der Waals surface area contributed by atoms with Gasteiger partial charge in [-0.05, 0) is 18.2 Å². The number of benzene rings is 1. The normalized spacial score (nSPS) is 12.4. The van der Waals surface area contributed by atoms with Crippen LogP contribution in [0.5, 0.6) is 5.75 Å². The van der Waals surface area contributed by atoms with Crippen LogP contribution in [-0.2, 0) is 18.9 Å². The van der Waals surface area contributed by atoms with Gasteiger partial charge in [0.15, 0.2) is 21.4 Å². The topological polar surface area (TPSA) is 77.5 Å². The first-order valence-corrected chi connectivity index (χ1v) is 9.01. The molecule has 5 nitrogen and oxygen atoms in total. The zero-order valence-electron chi connectivity index (χ0n) is 9.26. The molecule has 0 saturated heterocycles. The summed E-state index contributed by atoms with van der Waals surface area (Å²) < 4.78 is 61.8. The van der Waals surface area contributed by atoms with Crippen LogP contribution in [0.1, 0.15) is 0 Å². The van der Waals surface area contributed by atoms with Crippen molar-refractivity contribution in [2.45, 2.75) is 4.90 Å². The molecule has 0 saturated carbocycles.